The van der Waals surface area contributed by atoms with Crippen LogP contribution in [0.25, 0.3) is 10.8 Å². The molecule has 0 saturated carbocycles. The number of ether oxygens (including phenoxy) is 2. The van der Waals surface area contributed by atoms with Gasteiger partial charge in [0, 0.05) is 21.5 Å². The van der Waals surface area contributed by atoms with E-state index in [-0.39, 0.29) is 5.75 Å². The van der Waals surface area contributed by atoms with Crippen molar-refractivity contribution >= 4 is 60.3 Å². The van der Waals surface area contributed by atoms with Crippen LogP contribution in [0.3, 0.4) is 0 Å². The molecule has 2 amide bonds. The van der Waals surface area contributed by atoms with Gasteiger partial charge in [0.05, 0.1) is 10.2 Å². The second-order valence-corrected chi connectivity index (χ2v) is 10.5. The van der Waals surface area contributed by atoms with Gasteiger partial charge in [0.1, 0.15) is 17.6 Å². The van der Waals surface area contributed by atoms with Gasteiger partial charge in [-0.1, -0.05) is 76.6 Å². The number of carbonyl (C=O) groups excluding carboxylic acids is 2. The van der Waals surface area contributed by atoms with E-state index in [1.54, 1.807) is 41.9 Å². The summed E-state index contributed by atoms with van der Waals surface area (Å²) in [5.74, 6) is -0.249. The zero-order valence-corrected chi connectivity index (χ0v) is 24.3. The minimum absolute atomic E-state index is 0.108. The minimum atomic E-state index is -1.07. The van der Waals surface area contributed by atoms with Crippen LogP contribution < -0.4 is 15.5 Å². The van der Waals surface area contributed by atoms with Gasteiger partial charge in [0.15, 0.2) is 6.10 Å². The third-order valence-electron chi connectivity index (χ3n) is 5.99. The Morgan fingerprint density at radius 1 is 0.950 bits per heavy atom. The highest BCUT2D eigenvalue weighted by Gasteiger charge is 2.32. The standard InChI is InChI=1S/C30H26Br2N2O6/c31-20-17-23(28(36)24(32)18-20)29(40-30(37)33-25-14-8-10-19-9-4-5-13-22(19)25)26(15-6-7-16-27(35)34-38)39-21-11-2-1-3-12-21/h1-5,7-14,16-18,26,29,36,38H,6,15H2,(H,33,37)(H,34,35)/b16-7+/t26-,29-/m0/s1. The van der Waals surface area contributed by atoms with Gasteiger partial charge >= 0.3 is 6.09 Å². The molecule has 10 heteroatoms. The average Bonchev–Trinajstić information content (AvgIpc) is 2.96. The fraction of sp³-hybridized carbons (Fsp3) is 0.133. The average molecular weight is 670 g/mol. The van der Waals surface area contributed by atoms with E-state index in [9.17, 15) is 14.7 Å². The maximum atomic E-state index is 13.3. The summed E-state index contributed by atoms with van der Waals surface area (Å²) in [7, 11) is 0. The Bertz CT molecular complexity index is 1510. The fourth-order valence-corrected chi connectivity index (χ4v) is 5.42. The first-order chi connectivity index (χ1) is 19.4. The lowest BCUT2D eigenvalue weighted by atomic mass is 9.99. The molecule has 0 radical (unpaired) electrons. The molecule has 0 aliphatic carbocycles. The van der Waals surface area contributed by atoms with E-state index < -0.39 is 24.2 Å². The number of hydrogen-bond donors (Lipinski definition) is 4. The number of hydroxylamine groups is 1. The van der Waals surface area contributed by atoms with Crippen molar-refractivity contribution in [3.8, 4) is 11.5 Å². The topological polar surface area (TPSA) is 117 Å². The summed E-state index contributed by atoms with van der Waals surface area (Å²) in [6.07, 6.45) is 0.797. The number of allylic oxidation sites excluding steroid dienone is 1. The molecule has 4 N–H and O–H groups in total. The maximum absolute atomic E-state index is 13.3. The molecule has 0 aliphatic rings. The number of hydrogen-bond acceptors (Lipinski definition) is 6. The first kappa shape index (κ1) is 29.1. The zero-order chi connectivity index (χ0) is 28.5. The number of amides is 2. The molecule has 0 unspecified atom stereocenters. The number of phenols is 1. The molecule has 0 aliphatic heterocycles. The number of rotatable bonds is 10. The number of benzene rings is 4. The first-order valence-electron chi connectivity index (χ1n) is 12.3. The van der Waals surface area contributed by atoms with E-state index in [0.29, 0.717) is 38.8 Å². The van der Waals surface area contributed by atoms with E-state index >= 15 is 0 Å². The van der Waals surface area contributed by atoms with Crippen LogP contribution in [0.2, 0.25) is 0 Å². The monoisotopic (exact) mass is 668 g/mol. The summed E-state index contributed by atoms with van der Waals surface area (Å²) < 4.78 is 13.3. The van der Waals surface area contributed by atoms with Crippen LogP contribution in [0.15, 0.2) is 106 Å². The van der Waals surface area contributed by atoms with Gasteiger partial charge in [-0.3, -0.25) is 15.3 Å². The van der Waals surface area contributed by atoms with Crippen LogP contribution in [0.1, 0.15) is 24.5 Å². The Morgan fingerprint density at radius 3 is 2.45 bits per heavy atom. The smallest absolute Gasteiger partial charge is 0.412 e. The highest BCUT2D eigenvalue weighted by atomic mass is 79.9. The van der Waals surface area contributed by atoms with E-state index in [0.717, 1.165) is 10.8 Å². The molecule has 206 valence electrons. The number of carbonyl (C=O) groups is 2. The minimum Gasteiger partial charge on any atom is -0.506 e. The molecule has 4 rings (SSSR count). The highest BCUT2D eigenvalue weighted by molar-refractivity contribution is 9.11. The lowest BCUT2D eigenvalue weighted by Crippen LogP contribution is -2.31. The zero-order valence-electron chi connectivity index (χ0n) is 21.1. The molecule has 4 aromatic carbocycles. The van der Waals surface area contributed by atoms with Crippen LogP contribution in [0, 0.1) is 0 Å². The fourth-order valence-electron chi connectivity index (χ4n) is 4.17. The Labute approximate surface area is 247 Å². The highest BCUT2D eigenvalue weighted by Crippen LogP contribution is 2.40. The number of anilines is 1. The second-order valence-electron chi connectivity index (χ2n) is 8.73. The van der Waals surface area contributed by atoms with Crippen molar-refractivity contribution in [2.75, 3.05) is 5.32 Å². The summed E-state index contributed by atoms with van der Waals surface area (Å²) >= 11 is 6.81. The number of halogens is 2. The predicted molar refractivity (Wildman–Crippen MR) is 159 cm³/mol. The van der Waals surface area contributed by atoms with E-state index in [4.69, 9.17) is 14.7 Å². The summed E-state index contributed by atoms with van der Waals surface area (Å²) in [5, 5.41) is 24.4. The van der Waals surface area contributed by atoms with E-state index in [2.05, 4.69) is 37.2 Å². The van der Waals surface area contributed by atoms with Crippen LogP contribution in [-0.2, 0) is 9.53 Å². The normalized spacial score (nSPS) is 12.6. The molecule has 0 spiro atoms. The van der Waals surface area contributed by atoms with Gasteiger partial charge in [0.2, 0.25) is 0 Å². The maximum Gasteiger partial charge on any atom is 0.412 e. The van der Waals surface area contributed by atoms with Crippen molar-refractivity contribution < 1.29 is 29.4 Å². The van der Waals surface area contributed by atoms with Crippen LogP contribution in [0.4, 0.5) is 10.5 Å². The van der Waals surface area contributed by atoms with Crippen LogP contribution >= 0.6 is 31.9 Å². The van der Waals surface area contributed by atoms with Gasteiger partial charge in [0.25, 0.3) is 5.91 Å². The molecule has 0 fully saturated rings. The molecule has 0 saturated heterocycles. The Balaban J connectivity index is 1.69. The number of para-hydroxylation sites is 1. The molecule has 8 nitrogen and oxygen atoms in total. The van der Waals surface area contributed by atoms with Crippen LogP contribution in [-0.4, -0.2) is 28.4 Å². The molecular formula is C30H26Br2N2O6. The Kier molecular flexibility index (Phi) is 10.2. The Hall–Kier alpha value is -3.86. The first-order valence-corrected chi connectivity index (χ1v) is 13.9. The third-order valence-corrected chi connectivity index (χ3v) is 7.05. The van der Waals surface area contributed by atoms with Crippen molar-refractivity contribution in [3.05, 3.63) is 112 Å². The predicted octanol–water partition coefficient (Wildman–Crippen LogP) is 7.65. The Morgan fingerprint density at radius 2 is 1.68 bits per heavy atom. The molecule has 40 heavy (non-hydrogen) atoms. The lowest BCUT2D eigenvalue weighted by Gasteiger charge is -2.29. The van der Waals surface area contributed by atoms with Gasteiger partial charge < -0.3 is 14.6 Å². The number of phenolic OH excluding ortho intramolecular Hbond substituents is 1. The van der Waals surface area contributed by atoms with Gasteiger partial charge in [-0.15, -0.1) is 0 Å². The van der Waals surface area contributed by atoms with Crippen molar-refractivity contribution in [2.24, 2.45) is 0 Å². The number of nitrogens with one attached hydrogen (secondary N) is 2. The quantitative estimate of drug-likeness (QED) is 0.0783. The van der Waals surface area contributed by atoms with E-state index in [1.165, 1.54) is 6.08 Å². The van der Waals surface area contributed by atoms with E-state index in [1.807, 2.05) is 54.6 Å². The van der Waals surface area contributed by atoms with Gasteiger partial charge in [-0.2, -0.15) is 0 Å². The molecular weight excluding hydrogens is 644 g/mol. The van der Waals surface area contributed by atoms with Crippen LogP contribution in [0.5, 0.6) is 11.5 Å². The molecule has 0 heterocycles. The summed E-state index contributed by atoms with van der Waals surface area (Å²) in [6, 6.07) is 25.5. The molecule has 0 bridgehead atoms. The van der Waals surface area contributed by atoms with Crippen molar-refractivity contribution in [2.45, 2.75) is 25.0 Å². The number of fused-ring (bicyclic) bond motifs is 1. The van der Waals surface area contributed by atoms with Crippen molar-refractivity contribution in [3.63, 3.8) is 0 Å². The number of aromatic hydroxyl groups is 1. The third kappa shape index (κ3) is 7.62. The molecule has 0 aromatic heterocycles. The van der Waals surface area contributed by atoms with Gasteiger partial charge in [-0.05, 0) is 64.5 Å². The summed E-state index contributed by atoms with van der Waals surface area (Å²) in [4.78, 5) is 24.8. The second kappa shape index (κ2) is 14.0. The lowest BCUT2D eigenvalue weighted by molar-refractivity contribution is -0.124. The van der Waals surface area contributed by atoms with Crippen molar-refractivity contribution in [1.82, 2.24) is 5.48 Å². The summed E-state index contributed by atoms with van der Waals surface area (Å²) in [5.41, 5.74) is 2.43. The van der Waals surface area contributed by atoms with Crippen molar-refractivity contribution in [1.29, 1.82) is 0 Å². The molecule has 2 atom stereocenters. The molecule has 4 aromatic rings. The van der Waals surface area contributed by atoms with Gasteiger partial charge in [-0.25, -0.2) is 10.3 Å². The summed E-state index contributed by atoms with van der Waals surface area (Å²) in [6.45, 7) is 0. The largest absolute Gasteiger partial charge is 0.506 e. The SMILES string of the molecule is O=C(/C=C/CC[C@H](Oc1ccccc1)[C@@H](OC(=O)Nc1cccc2ccccc12)c1cc(Br)cc(Br)c1O)NO.